The third kappa shape index (κ3) is 2.56. The molecule has 0 radical (unpaired) electrons. The van der Waals surface area contributed by atoms with Crippen LogP contribution < -0.4 is 5.30 Å². The summed E-state index contributed by atoms with van der Waals surface area (Å²) in [6, 6.07) is 10.4. The average Bonchev–Trinajstić information content (AvgIpc) is 2.33. The molecule has 1 nitrogen and oxygen atoms in total. The molecule has 0 amide bonds. The van der Waals surface area contributed by atoms with Crippen molar-refractivity contribution in [1.82, 2.24) is 0 Å². The van der Waals surface area contributed by atoms with Gasteiger partial charge in [-0.05, 0) is 12.8 Å². The van der Waals surface area contributed by atoms with E-state index >= 15 is 0 Å². The minimum Gasteiger partial charge on any atom is -0.353 e. The highest BCUT2D eigenvalue weighted by Gasteiger charge is 2.14. The number of benzene rings is 1. The highest BCUT2D eigenvalue weighted by molar-refractivity contribution is 7.65. The Hall–Kier alpha value is -0.910. The van der Waals surface area contributed by atoms with Crippen LogP contribution in [0.2, 0.25) is 0 Å². The Morgan fingerprint density at radius 2 is 1.93 bits per heavy atom. The Labute approximate surface area is 92.3 Å². The minimum atomic E-state index is -0.597. The highest BCUT2D eigenvalue weighted by atomic mass is 31.1. The lowest BCUT2D eigenvalue weighted by molar-refractivity contribution is 0.472. The molecule has 0 N–H and O–H groups in total. The van der Waals surface area contributed by atoms with Crippen molar-refractivity contribution in [3.05, 3.63) is 53.9 Å². The van der Waals surface area contributed by atoms with Gasteiger partial charge in [0.25, 0.3) is 0 Å². The molecule has 0 saturated carbocycles. The number of rotatable bonds is 3. The summed E-state index contributed by atoms with van der Waals surface area (Å²) in [5.41, 5.74) is 0. The van der Waals surface area contributed by atoms with Gasteiger partial charge < -0.3 is 4.52 Å². The van der Waals surface area contributed by atoms with Crippen molar-refractivity contribution in [2.24, 2.45) is 0 Å². The molecule has 15 heavy (non-hydrogen) atoms. The van der Waals surface area contributed by atoms with E-state index in [4.69, 9.17) is 4.52 Å². The van der Waals surface area contributed by atoms with Crippen LogP contribution >= 0.6 is 8.15 Å². The number of hydrogen-bond donors (Lipinski definition) is 0. The van der Waals surface area contributed by atoms with Gasteiger partial charge in [-0.3, -0.25) is 0 Å². The topological polar surface area (TPSA) is 9.23 Å². The van der Waals surface area contributed by atoms with E-state index in [1.165, 1.54) is 10.6 Å². The van der Waals surface area contributed by atoms with Gasteiger partial charge in [-0.2, -0.15) is 0 Å². The van der Waals surface area contributed by atoms with E-state index in [9.17, 15) is 0 Å². The maximum absolute atomic E-state index is 5.62. The normalized spacial score (nSPS) is 17.3. The fourth-order valence-corrected chi connectivity index (χ4v) is 3.37. The molecule has 1 aromatic rings. The molecular formula is C13H15OP. The molecule has 1 atom stereocenters. The van der Waals surface area contributed by atoms with Crippen molar-refractivity contribution in [3.8, 4) is 0 Å². The molecule has 1 aliphatic carbocycles. The van der Waals surface area contributed by atoms with Crippen LogP contribution in [0.3, 0.4) is 0 Å². The second kappa shape index (κ2) is 5.25. The lowest BCUT2D eigenvalue weighted by Crippen LogP contribution is -2.02. The lowest BCUT2D eigenvalue weighted by atomic mass is 10.2. The molecule has 0 heterocycles. The quantitative estimate of drug-likeness (QED) is 0.704. The molecule has 1 aliphatic rings. The van der Waals surface area contributed by atoms with Crippen LogP contribution in [0.4, 0.5) is 0 Å². The van der Waals surface area contributed by atoms with Crippen molar-refractivity contribution < 1.29 is 4.52 Å². The first-order chi connectivity index (χ1) is 7.42. The molecular weight excluding hydrogens is 203 g/mol. The molecule has 1 aromatic carbocycles. The van der Waals surface area contributed by atoms with Gasteiger partial charge in [0.05, 0.1) is 8.15 Å². The Bertz CT molecular complexity index is 367. The molecule has 2 rings (SSSR count). The Morgan fingerprint density at radius 1 is 1.13 bits per heavy atom. The molecule has 0 spiro atoms. The van der Waals surface area contributed by atoms with Crippen LogP contribution in [0.25, 0.3) is 0 Å². The van der Waals surface area contributed by atoms with E-state index in [0.717, 1.165) is 12.8 Å². The third-order valence-electron chi connectivity index (χ3n) is 2.38. The monoisotopic (exact) mass is 218 g/mol. The van der Waals surface area contributed by atoms with Gasteiger partial charge in [0.1, 0.15) is 0 Å². The van der Waals surface area contributed by atoms with Gasteiger partial charge in [0.2, 0.25) is 0 Å². The zero-order chi connectivity index (χ0) is 10.5. The summed E-state index contributed by atoms with van der Waals surface area (Å²) in [6.45, 7) is 0. The fraction of sp³-hybridized carbons (Fsp3) is 0.231. The summed E-state index contributed by atoms with van der Waals surface area (Å²) >= 11 is 0. The smallest absolute Gasteiger partial charge is 0.0909 e. The van der Waals surface area contributed by atoms with E-state index < -0.39 is 8.15 Å². The van der Waals surface area contributed by atoms with E-state index in [1.54, 1.807) is 7.11 Å². The molecule has 2 heteroatoms. The van der Waals surface area contributed by atoms with E-state index in [0.29, 0.717) is 0 Å². The number of hydrogen-bond acceptors (Lipinski definition) is 1. The second-order valence-electron chi connectivity index (χ2n) is 3.42. The zero-order valence-corrected chi connectivity index (χ0v) is 9.78. The SMILES string of the molecule is COP(C1=CCCC=C1)c1ccccc1. The average molecular weight is 218 g/mol. The first kappa shape index (κ1) is 10.6. The maximum Gasteiger partial charge on any atom is 0.0909 e. The van der Waals surface area contributed by atoms with Gasteiger partial charge in [-0.25, -0.2) is 0 Å². The zero-order valence-electron chi connectivity index (χ0n) is 8.89. The Kier molecular flexibility index (Phi) is 3.71. The summed E-state index contributed by atoms with van der Waals surface area (Å²) in [7, 11) is 1.20. The van der Waals surface area contributed by atoms with Gasteiger partial charge in [-0.1, -0.05) is 48.6 Å². The Morgan fingerprint density at radius 3 is 2.53 bits per heavy atom. The minimum absolute atomic E-state index is 0.597. The first-order valence-corrected chi connectivity index (χ1v) is 6.44. The third-order valence-corrected chi connectivity index (χ3v) is 4.32. The summed E-state index contributed by atoms with van der Waals surface area (Å²) in [5, 5.41) is 2.62. The van der Waals surface area contributed by atoms with E-state index in [1.807, 2.05) is 6.07 Å². The predicted octanol–water partition coefficient (Wildman–Crippen LogP) is 3.59. The van der Waals surface area contributed by atoms with Crippen molar-refractivity contribution in [2.75, 3.05) is 7.11 Å². The van der Waals surface area contributed by atoms with Crippen molar-refractivity contribution in [1.29, 1.82) is 0 Å². The molecule has 0 bridgehead atoms. The molecule has 0 fully saturated rings. The molecule has 0 aliphatic heterocycles. The number of allylic oxidation sites excluding steroid dienone is 4. The summed E-state index contributed by atoms with van der Waals surface area (Å²) in [4.78, 5) is 0. The largest absolute Gasteiger partial charge is 0.353 e. The van der Waals surface area contributed by atoms with E-state index in [2.05, 4.69) is 42.5 Å². The van der Waals surface area contributed by atoms with Crippen molar-refractivity contribution in [3.63, 3.8) is 0 Å². The maximum atomic E-state index is 5.62. The summed E-state index contributed by atoms with van der Waals surface area (Å²) in [5.74, 6) is 0. The first-order valence-electron chi connectivity index (χ1n) is 5.18. The van der Waals surface area contributed by atoms with Gasteiger partial charge in [0, 0.05) is 17.7 Å². The molecule has 0 saturated heterocycles. The van der Waals surface area contributed by atoms with E-state index in [-0.39, 0.29) is 0 Å². The van der Waals surface area contributed by atoms with Crippen LogP contribution in [0, 0.1) is 0 Å². The Balaban J connectivity index is 2.24. The second-order valence-corrected chi connectivity index (χ2v) is 5.41. The van der Waals surface area contributed by atoms with Crippen LogP contribution in [0.15, 0.2) is 53.9 Å². The summed E-state index contributed by atoms with van der Waals surface area (Å²) < 4.78 is 5.62. The lowest BCUT2D eigenvalue weighted by Gasteiger charge is -2.18. The van der Waals surface area contributed by atoms with Crippen molar-refractivity contribution in [2.45, 2.75) is 12.8 Å². The fourth-order valence-electron chi connectivity index (χ4n) is 1.67. The molecule has 0 aromatic heterocycles. The van der Waals surface area contributed by atoms with Crippen LogP contribution in [0.5, 0.6) is 0 Å². The predicted molar refractivity (Wildman–Crippen MR) is 66.5 cm³/mol. The molecule has 1 unspecified atom stereocenters. The van der Waals surface area contributed by atoms with Crippen molar-refractivity contribution >= 4 is 13.5 Å². The highest BCUT2D eigenvalue weighted by Crippen LogP contribution is 2.45. The standard InChI is InChI=1S/C13H15OP/c1-14-15(12-8-4-2-5-9-12)13-10-6-3-7-11-13/h2,4-6,8-11H,3,7H2,1H3. The van der Waals surface area contributed by atoms with Gasteiger partial charge in [-0.15, -0.1) is 0 Å². The van der Waals surface area contributed by atoms with Gasteiger partial charge >= 0.3 is 0 Å². The van der Waals surface area contributed by atoms with Gasteiger partial charge in [0.15, 0.2) is 0 Å². The van der Waals surface area contributed by atoms with Crippen LogP contribution in [0.1, 0.15) is 12.8 Å². The summed E-state index contributed by atoms with van der Waals surface area (Å²) in [6.07, 6.45) is 9.02. The molecule has 78 valence electrons. The van der Waals surface area contributed by atoms with Crippen LogP contribution in [-0.4, -0.2) is 7.11 Å². The van der Waals surface area contributed by atoms with Crippen LogP contribution in [-0.2, 0) is 4.52 Å².